The van der Waals surface area contributed by atoms with Crippen LogP contribution in [0.2, 0.25) is 5.02 Å². The van der Waals surface area contributed by atoms with Crippen LogP contribution < -0.4 is 5.32 Å². The zero-order chi connectivity index (χ0) is 23.6. The largest absolute Gasteiger partial charge is 0.338 e. The highest BCUT2D eigenvalue weighted by molar-refractivity contribution is 6.31. The number of rotatable bonds is 10. The number of Topliss-reactive ketones (excluding diaryl/α,β-unsaturated/α-hetero) is 1. The molecule has 0 atom stereocenters. The fourth-order valence-corrected chi connectivity index (χ4v) is 4.53. The molecule has 1 aliphatic rings. The van der Waals surface area contributed by atoms with Crippen molar-refractivity contribution in [3.63, 3.8) is 0 Å². The van der Waals surface area contributed by atoms with Crippen LogP contribution in [0.3, 0.4) is 0 Å². The third-order valence-electron chi connectivity index (χ3n) is 6.36. The fourth-order valence-electron chi connectivity index (χ4n) is 4.30. The van der Waals surface area contributed by atoms with Gasteiger partial charge in [-0.25, -0.2) is 4.79 Å². The van der Waals surface area contributed by atoms with Crippen molar-refractivity contribution >= 4 is 35.8 Å². The van der Waals surface area contributed by atoms with Crippen molar-refractivity contribution in [2.75, 3.05) is 39.8 Å². The second kappa shape index (κ2) is 14.3. The Balaban J connectivity index is 0.00000408. The van der Waals surface area contributed by atoms with Crippen molar-refractivity contribution < 1.29 is 9.59 Å². The standard InChI is InChI=1S/C27H36ClN3O2.ClH/c1-3-29-27(33)31-18-14-21-11-12-24(20-23(21)15-19-31)26(32)10-6-7-16-30(2)17-13-22-8-4-5-9-25(22)28;/h4-5,8-9,11-12,20H,3,6-7,10,13-19H2,1-2H3,(H,29,33);1H. The van der Waals surface area contributed by atoms with Gasteiger partial charge in [0.1, 0.15) is 0 Å². The molecule has 0 saturated carbocycles. The third-order valence-corrected chi connectivity index (χ3v) is 6.73. The van der Waals surface area contributed by atoms with Gasteiger partial charge in [-0.3, -0.25) is 4.79 Å². The summed E-state index contributed by atoms with van der Waals surface area (Å²) in [6, 6.07) is 14.1. The topological polar surface area (TPSA) is 52.7 Å². The quantitative estimate of drug-likeness (QED) is 0.346. The Hall–Kier alpha value is -2.08. The molecule has 0 saturated heterocycles. The minimum absolute atomic E-state index is 0. The molecular formula is C27H37Cl2N3O2. The van der Waals surface area contributed by atoms with Crippen molar-refractivity contribution in [1.82, 2.24) is 15.1 Å². The van der Waals surface area contributed by atoms with Crippen LogP contribution in [0, 0.1) is 0 Å². The minimum Gasteiger partial charge on any atom is -0.338 e. The Kier molecular flexibility index (Phi) is 11.9. The smallest absolute Gasteiger partial charge is 0.317 e. The van der Waals surface area contributed by atoms with Crippen LogP contribution in [-0.4, -0.2) is 61.4 Å². The number of hydrogen-bond donors (Lipinski definition) is 1. The highest BCUT2D eigenvalue weighted by Crippen LogP contribution is 2.20. The molecule has 0 fully saturated rings. The van der Waals surface area contributed by atoms with E-state index in [2.05, 4.69) is 35.5 Å². The van der Waals surface area contributed by atoms with Gasteiger partial charge in [0.25, 0.3) is 0 Å². The molecule has 3 rings (SSSR count). The highest BCUT2D eigenvalue weighted by Gasteiger charge is 2.19. The van der Waals surface area contributed by atoms with Gasteiger partial charge in [0.15, 0.2) is 5.78 Å². The summed E-state index contributed by atoms with van der Waals surface area (Å²) in [4.78, 5) is 29.1. The van der Waals surface area contributed by atoms with Gasteiger partial charge in [0.05, 0.1) is 0 Å². The SMILES string of the molecule is CCNC(=O)N1CCc2ccc(C(=O)CCCCN(C)CCc3ccccc3Cl)cc2CC1.Cl. The lowest BCUT2D eigenvalue weighted by Crippen LogP contribution is -2.41. The monoisotopic (exact) mass is 505 g/mol. The molecule has 1 heterocycles. The molecule has 0 spiro atoms. The van der Waals surface area contributed by atoms with Crippen LogP contribution in [0.25, 0.3) is 0 Å². The van der Waals surface area contributed by atoms with E-state index in [1.807, 2.05) is 36.1 Å². The lowest BCUT2D eigenvalue weighted by atomic mass is 9.97. The maximum atomic E-state index is 12.8. The summed E-state index contributed by atoms with van der Waals surface area (Å²) in [6.45, 7) is 5.90. The second-order valence-electron chi connectivity index (χ2n) is 8.83. The van der Waals surface area contributed by atoms with E-state index in [1.54, 1.807) is 0 Å². The highest BCUT2D eigenvalue weighted by atomic mass is 35.5. The Morgan fingerprint density at radius 2 is 1.76 bits per heavy atom. The summed E-state index contributed by atoms with van der Waals surface area (Å²) in [5.74, 6) is 0.210. The number of fused-ring (bicyclic) bond motifs is 1. The molecular weight excluding hydrogens is 469 g/mol. The summed E-state index contributed by atoms with van der Waals surface area (Å²) < 4.78 is 0. The maximum absolute atomic E-state index is 12.8. The van der Waals surface area contributed by atoms with Gasteiger partial charge in [-0.15, -0.1) is 12.4 Å². The molecule has 2 aromatic rings. The first-order valence-electron chi connectivity index (χ1n) is 12.1. The molecule has 0 aromatic heterocycles. The van der Waals surface area contributed by atoms with Crippen LogP contribution >= 0.6 is 24.0 Å². The summed E-state index contributed by atoms with van der Waals surface area (Å²) in [5, 5.41) is 3.71. The molecule has 1 N–H and O–H groups in total. The Bertz CT molecular complexity index is 951. The maximum Gasteiger partial charge on any atom is 0.317 e. The molecule has 1 aliphatic heterocycles. The predicted octanol–water partition coefficient (Wildman–Crippen LogP) is 5.42. The average molecular weight is 507 g/mol. The molecule has 7 heteroatoms. The van der Waals surface area contributed by atoms with Crippen LogP contribution in [0.15, 0.2) is 42.5 Å². The Labute approximate surface area is 215 Å². The number of carbonyl (C=O) groups excluding carboxylic acids is 2. The number of hydrogen-bond acceptors (Lipinski definition) is 3. The van der Waals surface area contributed by atoms with E-state index in [4.69, 9.17) is 11.6 Å². The molecule has 0 unspecified atom stereocenters. The van der Waals surface area contributed by atoms with Crippen molar-refractivity contribution in [2.24, 2.45) is 0 Å². The van der Waals surface area contributed by atoms with Gasteiger partial charge in [0.2, 0.25) is 0 Å². The van der Waals surface area contributed by atoms with Gasteiger partial charge in [-0.1, -0.05) is 41.9 Å². The fraction of sp³-hybridized carbons (Fsp3) is 0.481. The lowest BCUT2D eigenvalue weighted by molar-refractivity contribution is 0.0978. The van der Waals surface area contributed by atoms with Crippen molar-refractivity contribution in [2.45, 2.75) is 45.4 Å². The van der Waals surface area contributed by atoms with Crippen LogP contribution in [0.4, 0.5) is 4.79 Å². The molecule has 0 bridgehead atoms. The van der Waals surface area contributed by atoms with Gasteiger partial charge < -0.3 is 15.1 Å². The number of amides is 2. The number of benzene rings is 2. The van der Waals surface area contributed by atoms with Gasteiger partial charge in [-0.2, -0.15) is 0 Å². The van der Waals surface area contributed by atoms with Crippen molar-refractivity contribution in [3.8, 4) is 0 Å². The number of urea groups is 1. The molecule has 2 amide bonds. The minimum atomic E-state index is -0.00144. The van der Waals surface area contributed by atoms with Gasteiger partial charge in [0, 0.05) is 43.2 Å². The number of nitrogens with one attached hydrogen (secondary N) is 1. The zero-order valence-electron chi connectivity index (χ0n) is 20.3. The first-order chi connectivity index (χ1) is 16.0. The first-order valence-corrected chi connectivity index (χ1v) is 12.5. The predicted molar refractivity (Wildman–Crippen MR) is 143 cm³/mol. The number of likely N-dealkylation sites (N-methyl/N-ethyl adjacent to an activating group) is 1. The average Bonchev–Trinajstić information content (AvgIpc) is 3.03. The van der Waals surface area contributed by atoms with Crippen molar-refractivity contribution in [1.29, 1.82) is 0 Å². The van der Waals surface area contributed by atoms with Gasteiger partial charge in [-0.05, 0) is 81.4 Å². The number of carbonyl (C=O) groups is 2. The molecule has 0 radical (unpaired) electrons. The summed E-state index contributed by atoms with van der Waals surface area (Å²) in [7, 11) is 2.12. The van der Waals surface area contributed by atoms with E-state index in [9.17, 15) is 9.59 Å². The molecule has 0 aliphatic carbocycles. The van der Waals surface area contributed by atoms with Gasteiger partial charge >= 0.3 is 6.03 Å². The van der Waals surface area contributed by atoms with Crippen LogP contribution in [-0.2, 0) is 19.3 Å². The van der Waals surface area contributed by atoms with E-state index >= 15 is 0 Å². The lowest BCUT2D eigenvalue weighted by Gasteiger charge is -2.20. The van der Waals surface area contributed by atoms with E-state index in [0.717, 1.165) is 62.3 Å². The zero-order valence-corrected chi connectivity index (χ0v) is 21.9. The molecule has 34 heavy (non-hydrogen) atoms. The number of nitrogens with zero attached hydrogens (tertiary/aromatic N) is 2. The first kappa shape index (κ1) is 28.2. The Morgan fingerprint density at radius 3 is 2.50 bits per heavy atom. The van der Waals surface area contributed by atoms with Crippen LogP contribution in [0.1, 0.15) is 53.2 Å². The number of unbranched alkanes of at least 4 members (excludes halogenated alkanes) is 1. The number of halogens is 2. The van der Waals surface area contributed by atoms with E-state index in [0.29, 0.717) is 19.5 Å². The Morgan fingerprint density at radius 1 is 1.03 bits per heavy atom. The number of ketones is 1. The third kappa shape index (κ3) is 8.30. The van der Waals surface area contributed by atoms with Crippen LogP contribution in [0.5, 0.6) is 0 Å². The van der Waals surface area contributed by atoms with E-state index < -0.39 is 0 Å². The summed E-state index contributed by atoms with van der Waals surface area (Å²) in [6.07, 6.45) is 5.02. The molecule has 186 valence electrons. The molecule has 5 nitrogen and oxygen atoms in total. The normalized spacial score (nSPS) is 13.1. The summed E-state index contributed by atoms with van der Waals surface area (Å²) >= 11 is 6.24. The molecule has 2 aromatic carbocycles. The second-order valence-corrected chi connectivity index (χ2v) is 9.24. The van der Waals surface area contributed by atoms with Crippen molar-refractivity contribution in [3.05, 3.63) is 69.7 Å². The van der Waals surface area contributed by atoms with E-state index in [1.165, 1.54) is 16.7 Å². The van der Waals surface area contributed by atoms with E-state index in [-0.39, 0.29) is 24.2 Å². The summed E-state index contributed by atoms with van der Waals surface area (Å²) in [5.41, 5.74) is 4.43.